The lowest BCUT2D eigenvalue weighted by Gasteiger charge is -2.11. The standard InChI is InChI=1S/C16H19N3/c1-2-9-16-15(8-1)17-13-14(18-16)7-3-4-10-19-11-5-6-12-19/h1-3,7-9,13H,4-6,10-12H2. The molecule has 0 spiro atoms. The van der Waals surface area contributed by atoms with Gasteiger partial charge < -0.3 is 4.90 Å². The number of nitrogens with zero attached hydrogens (tertiary/aromatic N) is 3. The number of benzene rings is 1. The van der Waals surface area contributed by atoms with Crippen LogP contribution in [0.1, 0.15) is 25.0 Å². The molecule has 1 saturated heterocycles. The third kappa shape index (κ3) is 3.18. The van der Waals surface area contributed by atoms with Crippen molar-refractivity contribution in [2.45, 2.75) is 19.3 Å². The van der Waals surface area contributed by atoms with Crippen molar-refractivity contribution in [3.05, 3.63) is 42.2 Å². The van der Waals surface area contributed by atoms with Gasteiger partial charge in [-0.25, -0.2) is 4.98 Å². The van der Waals surface area contributed by atoms with Gasteiger partial charge in [-0.3, -0.25) is 4.98 Å². The van der Waals surface area contributed by atoms with E-state index in [2.05, 4.69) is 27.0 Å². The lowest BCUT2D eigenvalue weighted by atomic mass is 10.2. The minimum Gasteiger partial charge on any atom is -0.303 e. The van der Waals surface area contributed by atoms with E-state index in [0.717, 1.165) is 29.7 Å². The number of aromatic nitrogens is 2. The molecule has 0 amide bonds. The second-order valence-electron chi connectivity index (χ2n) is 5.02. The molecule has 1 aromatic carbocycles. The third-order valence-corrected chi connectivity index (χ3v) is 3.57. The number of hydrogen-bond acceptors (Lipinski definition) is 3. The van der Waals surface area contributed by atoms with Gasteiger partial charge in [0.2, 0.25) is 0 Å². The SMILES string of the molecule is C(=Cc1cnc2ccccc2n1)CCN1CCCC1. The smallest absolute Gasteiger partial charge is 0.0894 e. The molecule has 2 heterocycles. The van der Waals surface area contributed by atoms with E-state index in [1.54, 1.807) is 0 Å². The van der Waals surface area contributed by atoms with Crippen LogP contribution >= 0.6 is 0 Å². The molecule has 3 heteroatoms. The van der Waals surface area contributed by atoms with Crippen LogP contribution in [0.15, 0.2) is 36.5 Å². The number of para-hydroxylation sites is 2. The maximum Gasteiger partial charge on any atom is 0.0894 e. The number of hydrogen-bond donors (Lipinski definition) is 0. The second kappa shape index (κ2) is 5.93. The van der Waals surface area contributed by atoms with Crippen LogP contribution in [0.3, 0.4) is 0 Å². The minimum atomic E-state index is 0.945. The Morgan fingerprint density at radius 2 is 1.89 bits per heavy atom. The fraction of sp³-hybridized carbons (Fsp3) is 0.375. The zero-order chi connectivity index (χ0) is 12.9. The van der Waals surface area contributed by atoms with Crippen LogP contribution in [-0.2, 0) is 0 Å². The highest BCUT2D eigenvalue weighted by Crippen LogP contribution is 2.10. The summed E-state index contributed by atoms with van der Waals surface area (Å²) < 4.78 is 0. The monoisotopic (exact) mass is 253 g/mol. The molecule has 3 nitrogen and oxygen atoms in total. The Bertz CT molecular complexity index is 571. The molecule has 19 heavy (non-hydrogen) atoms. The minimum absolute atomic E-state index is 0.945. The Morgan fingerprint density at radius 3 is 2.74 bits per heavy atom. The molecule has 1 aromatic heterocycles. The van der Waals surface area contributed by atoms with E-state index in [1.807, 2.05) is 30.5 Å². The average molecular weight is 253 g/mol. The average Bonchev–Trinajstić information content (AvgIpc) is 2.97. The van der Waals surface area contributed by atoms with Crippen LogP contribution in [0, 0.1) is 0 Å². The normalized spacial score (nSPS) is 16.6. The van der Waals surface area contributed by atoms with Gasteiger partial charge in [-0.2, -0.15) is 0 Å². The van der Waals surface area contributed by atoms with Crippen molar-refractivity contribution < 1.29 is 0 Å². The summed E-state index contributed by atoms with van der Waals surface area (Å²) in [6.07, 6.45) is 9.94. The topological polar surface area (TPSA) is 29.0 Å². The molecule has 1 aliphatic heterocycles. The van der Waals surface area contributed by atoms with E-state index in [9.17, 15) is 0 Å². The summed E-state index contributed by atoms with van der Waals surface area (Å²) in [5, 5.41) is 0. The van der Waals surface area contributed by atoms with E-state index >= 15 is 0 Å². The molecule has 0 aliphatic carbocycles. The van der Waals surface area contributed by atoms with Crippen LogP contribution in [0.5, 0.6) is 0 Å². The van der Waals surface area contributed by atoms with Gasteiger partial charge in [-0.05, 0) is 50.6 Å². The van der Waals surface area contributed by atoms with Crippen molar-refractivity contribution in [1.82, 2.24) is 14.9 Å². The van der Waals surface area contributed by atoms with Gasteiger partial charge in [0.25, 0.3) is 0 Å². The summed E-state index contributed by atoms with van der Waals surface area (Å²) in [5.41, 5.74) is 2.86. The van der Waals surface area contributed by atoms with Crippen molar-refractivity contribution in [2.75, 3.05) is 19.6 Å². The summed E-state index contributed by atoms with van der Waals surface area (Å²) in [4.78, 5) is 11.5. The van der Waals surface area contributed by atoms with Crippen molar-refractivity contribution in [3.63, 3.8) is 0 Å². The first-order valence-electron chi connectivity index (χ1n) is 7.02. The highest BCUT2D eigenvalue weighted by molar-refractivity contribution is 5.74. The lowest BCUT2D eigenvalue weighted by molar-refractivity contribution is 0.346. The Labute approximate surface area is 114 Å². The van der Waals surface area contributed by atoms with Gasteiger partial charge >= 0.3 is 0 Å². The third-order valence-electron chi connectivity index (χ3n) is 3.57. The summed E-state index contributed by atoms with van der Waals surface area (Å²) in [5.74, 6) is 0. The van der Waals surface area contributed by atoms with E-state index in [1.165, 1.54) is 25.9 Å². The van der Waals surface area contributed by atoms with Crippen molar-refractivity contribution >= 4 is 17.1 Å². The summed E-state index contributed by atoms with van der Waals surface area (Å²) in [6, 6.07) is 7.98. The van der Waals surface area contributed by atoms with Crippen LogP contribution in [-0.4, -0.2) is 34.5 Å². The van der Waals surface area contributed by atoms with Gasteiger partial charge in [0.1, 0.15) is 0 Å². The van der Waals surface area contributed by atoms with E-state index in [0.29, 0.717) is 0 Å². The molecule has 0 atom stereocenters. The molecule has 1 aliphatic rings. The Kier molecular flexibility index (Phi) is 3.84. The maximum absolute atomic E-state index is 4.58. The molecule has 0 saturated carbocycles. The molecule has 1 fully saturated rings. The van der Waals surface area contributed by atoms with Crippen LogP contribution in [0.2, 0.25) is 0 Å². The molecule has 0 radical (unpaired) electrons. The largest absolute Gasteiger partial charge is 0.303 e. The van der Waals surface area contributed by atoms with E-state index in [4.69, 9.17) is 0 Å². The molecule has 3 rings (SSSR count). The number of fused-ring (bicyclic) bond motifs is 1. The van der Waals surface area contributed by atoms with E-state index < -0.39 is 0 Å². The highest BCUT2D eigenvalue weighted by atomic mass is 15.1. The molecular weight excluding hydrogens is 234 g/mol. The van der Waals surface area contributed by atoms with Crippen LogP contribution < -0.4 is 0 Å². The zero-order valence-corrected chi connectivity index (χ0v) is 11.1. The van der Waals surface area contributed by atoms with Crippen LogP contribution in [0.4, 0.5) is 0 Å². The molecular formula is C16H19N3. The number of likely N-dealkylation sites (tertiary alicyclic amines) is 1. The van der Waals surface area contributed by atoms with Crippen molar-refractivity contribution in [3.8, 4) is 0 Å². The van der Waals surface area contributed by atoms with Gasteiger partial charge in [0, 0.05) is 6.54 Å². The first-order valence-corrected chi connectivity index (χ1v) is 7.02. The molecule has 2 aromatic rings. The first-order chi connectivity index (χ1) is 9.42. The van der Waals surface area contributed by atoms with Crippen molar-refractivity contribution in [2.24, 2.45) is 0 Å². The number of rotatable bonds is 4. The van der Waals surface area contributed by atoms with Crippen molar-refractivity contribution in [1.29, 1.82) is 0 Å². The Balaban J connectivity index is 1.60. The second-order valence-corrected chi connectivity index (χ2v) is 5.02. The predicted molar refractivity (Wildman–Crippen MR) is 78.9 cm³/mol. The summed E-state index contributed by atoms with van der Waals surface area (Å²) in [6.45, 7) is 3.70. The lowest BCUT2D eigenvalue weighted by Crippen LogP contribution is -2.19. The summed E-state index contributed by atoms with van der Waals surface area (Å²) in [7, 11) is 0. The van der Waals surface area contributed by atoms with Gasteiger partial charge in [0.15, 0.2) is 0 Å². The van der Waals surface area contributed by atoms with Crippen LogP contribution in [0.25, 0.3) is 17.1 Å². The molecule has 0 bridgehead atoms. The van der Waals surface area contributed by atoms with Gasteiger partial charge in [-0.15, -0.1) is 0 Å². The summed E-state index contributed by atoms with van der Waals surface area (Å²) >= 11 is 0. The van der Waals surface area contributed by atoms with Gasteiger partial charge in [0.05, 0.1) is 22.9 Å². The Hall–Kier alpha value is -1.74. The molecule has 0 N–H and O–H groups in total. The highest BCUT2D eigenvalue weighted by Gasteiger charge is 2.09. The van der Waals surface area contributed by atoms with Gasteiger partial charge in [-0.1, -0.05) is 18.2 Å². The fourth-order valence-corrected chi connectivity index (χ4v) is 2.52. The predicted octanol–water partition coefficient (Wildman–Crippen LogP) is 3.13. The first kappa shape index (κ1) is 12.3. The quantitative estimate of drug-likeness (QED) is 0.838. The molecule has 0 unspecified atom stereocenters. The van der Waals surface area contributed by atoms with E-state index in [-0.39, 0.29) is 0 Å². The molecule has 98 valence electrons. The fourth-order valence-electron chi connectivity index (χ4n) is 2.52. The maximum atomic E-state index is 4.58. The Morgan fingerprint density at radius 1 is 1.11 bits per heavy atom. The zero-order valence-electron chi connectivity index (χ0n) is 11.1.